The molecular formula is C11H15FO3. The van der Waals surface area contributed by atoms with Crippen molar-refractivity contribution in [1.82, 2.24) is 0 Å². The first-order valence-electron chi connectivity index (χ1n) is 4.74. The van der Waals surface area contributed by atoms with Gasteiger partial charge in [-0.3, -0.25) is 0 Å². The summed E-state index contributed by atoms with van der Waals surface area (Å²) in [6.45, 7) is 0.0714. The van der Waals surface area contributed by atoms with Crippen molar-refractivity contribution >= 4 is 0 Å². The predicted molar refractivity (Wildman–Crippen MR) is 54.9 cm³/mol. The third kappa shape index (κ3) is 2.83. The minimum atomic E-state index is -0.361. The largest absolute Gasteiger partial charge is 0.493 e. The van der Waals surface area contributed by atoms with Gasteiger partial charge in [0.25, 0.3) is 0 Å². The summed E-state index contributed by atoms with van der Waals surface area (Å²) in [5.41, 5.74) is 0.711. The van der Waals surface area contributed by atoms with Crippen molar-refractivity contribution in [2.75, 3.05) is 20.8 Å². The first-order valence-corrected chi connectivity index (χ1v) is 4.74. The van der Waals surface area contributed by atoms with Crippen molar-refractivity contribution in [3.05, 3.63) is 23.5 Å². The van der Waals surface area contributed by atoms with Crippen LogP contribution in [0.25, 0.3) is 0 Å². The van der Waals surface area contributed by atoms with E-state index in [0.29, 0.717) is 29.9 Å². The van der Waals surface area contributed by atoms with Gasteiger partial charge in [0.1, 0.15) is 5.82 Å². The van der Waals surface area contributed by atoms with Crippen molar-refractivity contribution in [2.24, 2.45) is 0 Å². The average Bonchev–Trinajstić information content (AvgIpc) is 2.25. The van der Waals surface area contributed by atoms with Crippen LogP contribution in [-0.2, 0) is 6.42 Å². The maximum absolute atomic E-state index is 13.2. The van der Waals surface area contributed by atoms with E-state index in [0.717, 1.165) is 0 Å². The Labute approximate surface area is 88.4 Å². The van der Waals surface area contributed by atoms with Crippen LogP contribution >= 0.6 is 0 Å². The van der Waals surface area contributed by atoms with E-state index < -0.39 is 0 Å². The lowest BCUT2D eigenvalue weighted by atomic mass is 10.1. The second-order valence-electron chi connectivity index (χ2n) is 3.13. The number of ether oxygens (including phenoxy) is 2. The lowest BCUT2D eigenvalue weighted by molar-refractivity contribution is 0.287. The Bertz CT molecular complexity index is 326. The van der Waals surface area contributed by atoms with Crippen molar-refractivity contribution in [1.29, 1.82) is 0 Å². The molecule has 0 aliphatic carbocycles. The van der Waals surface area contributed by atoms with Crippen LogP contribution in [0.4, 0.5) is 4.39 Å². The van der Waals surface area contributed by atoms with E-state index in [-0.39, 0.29) is 12.4 Å². The number of aliphatic hydroxyl groups excluding tert-OH is 1. The topological polar surface area (TPSA) is 38.7 Å². The van der Waals surface area contributed by atoms with Gasteiger partial charge < -0.3 is 14.6 Å². The van der Waals surface area contributed by atoms with Gasteiger partial charge in [0.2, 0.25) is 0 Å². The lowest BCUT2D eigenvalue weighted by Crippen LogP contribution is -1.99. The van der Waals surface area contributed by atoms with E-state index in [1.165, 1.54) is 26.4 Å². The van der Waals surface area contributed by atoms with Gasteiger partial charge in [0.05, 0.1) is 14.2 Å². The molecular weight excluding hydrogens is 199 g/mol. The second kappa shape index (κ2) is 5.56. The summed E-state index contributed by atoms with van der Waals surface area (Å²) < 4.78 is 23.3. The van der Waals surface area contributed by atoms with Crippen LogP contribution in [0.2, 0.25) is 0 Å². The van der Waals surface area contributed by atoms with E-state index in [2.05, 4.69) is 0 Å². The fourth-order valence-corrected chi connectivity index (χ4v) is 1.46. The first-order chi connectivity index (χ1) is 7.22. The Balaban J connectivity index is 3.05. The maximum Gasteiger partial charge on any atom is 0.164 e. The Morgan fingerprint density at radius 3 is 2.53 bits per heavy atom. The molecule has 0 unspecified atom stereocenters. The van der Waals surface area contributed by atoms with Crippen LogP contribution in [0.5, 0.6) is 11.5 Å². The summed E-state index contributed by atoms with van der Waals surface area (Å²) in [5.74, 6) is 0.554. The molecule has 0 aliphatic rings. The smallest absolute Gasteiger partial charge is 0.164 e. The van der Waals surface area contributed by atoms with Crippen molar-refractivity contribution < 1.29 is 19.0 Å². The van der Waals surface area contributed by atoms with E-state index in [9.17, 15) is 4.39 Å². The summed E-state index contributed by atoms with van der Waals surface area (Å²) in [6.07, 6.45) is 1.14. The molecule has 1 N–H and O–H groups in total. The van der Waals surface area contributed by atoms with Crippen LogP contribution in [0.15, 0.2) is 12.1 Å². The highest BCUT2D eigenvalue weighted by molar-refractivity contribution is 5.47. The Morgan fingerprint density at radius 1 is 1.27 bits per heavy atom. The lowest BCUT2D eigenvalue weighted by Gasteiger charge is -2.12. The second-order valence-corrected chi connectivity index (χ2v) is 3.13. The summed E-state index contributed by atoms with van der Waals surface area (Å²) in [6, 6.07) is 2.68. The molecule has 4 heteroatoms. The van der Waals surface area contributed by atoms with Crippen molar-refractivity contribution in [2.45, 2.75) is 12.8 Å². The Kier molecular flexibility index (Phi) is 4.37. The van der Waals surface area contributed by atoms with Crippen LogP contribution in [0.3, 0.4) is 0 Å². The molecule has 0 spiro atoms. The van der Waals surface area contributed by atoms with E-state index in [1.807, 2.05) is 0 Å². The standard InChI is InChI=1S/C11H15FO3/c1-14-10-7-9(12)6-8(4-3-5-13)11(10)15-2/h6-7,13H,3-5H2,1-2H3. The van der Waals surface area contributed by atoms with Crippen molar-refractivity contribution in [3.8, 4) is 11.5 Å². The maximum atomic E-state index is 13.2. The zero-order valence-electron chi connectivity index (χ0n) is 8.92. The number of methoxy groups -OCH3 is 2. The molecule has 0 amide bonds. The molecule has 3 nitrogen and oxygen atoms in total. The molecule has 0 fully saturated rings. The highest BCUT2D eigenvalue weighted by atomic mass is 19.1. The molecule has 15 heavy (non-hydrogen) atoms. The minimum Gasteiger partial charge on any atom is -0.493 e. The first kappa shape index (κ1) is 11.8. The van der Waals surface area contributed by atoms with Gasteiger partial charge in [-0.25, -0.2) is 4.39 Å². The van der Waals surface area contributed by atoms with E-state index in [4.69, 9.17) is 14.6 Å². The molecule has 0 saturated carbocycles. The quantitative estimate of drug-likeness (QED) is 0.811. The summed E-state index contributed by atoms with van der Waals surface area (Å²) in [4.78, 5) is 0. The summed E-state index contributed by atoms with van der Waals surface area (Å²) in [5, 5.41) is 8.72. The molecule has 1 rings (SSSR count). The summed E-state index contributed by atoms with van der Waals surface area (Å²) >= 11 is 0. The molecule has 0 heterocycles. The normalized spacial score (nSPS) is 10.1. The summed E-state index contributed by atoms with van der Waals surface area (Å²) in [7, 11) is 2.98. The minimum absolute atomic E-state index is 0.0714. The van der Waals surface area contributed by atoms with Gasteiger partial charge in [0, 0.05) is 18.2 Å². The van der Waals surface area contributed by atoms with Crippen LogP contribution < -0.4 is 9.47 Å². The Morgan fingerprint density at radius 2 is 2.00 bits per heavy atom. The molecule has 0 radical (unpaired) electrons. The number of rotatable bonds is 5. The fourth-order valence-electron chi connectivity index (χ4n) is 1.46. The van der Waals surface area contributed by atoms with E-state index in [1.54, 1.807) is 0 Å². The fraction of sp³-hybridized carbons (Fsp3) is 0.455. The average molecular weight is 214 g/mol. The molecule has 0 bridgehead atoms. The molecule has 1 aromatic carbocycles. The number of aryl methyl sites for hydroxylation is 1. The number of benzene rings is 1. The molecule has 0 atom stereocenters. The Hall–Kier alpha value is -1.29. The highest BCUT2D eigenvalue weighted by Crippen LogP contribution is 2.32. The van der Waals surface area contributed by atoms with Crippen LogP contribution in [-0.4, -0.2) is 25.9 Å². The number of hydrogen-bond acceptors (Lipinski definition) is 3. The van der Waals surface area contributed by atoms with Gasteiger partial charge >= 0.3 is 0 Å². The zero-order chi connectivity index (χ0) is 11.3. The van der Waals surface area contributed by atoms with Gasteiger partial charge in [0.15, 0.2) is 11.5 Å². The monoisotopic (exact) mass is 214 g/mol. The number of hydrogen-bond donors (Lipinski definition) is 1. The van der Waals surface area contributed by atoms with Crippen LogP contribution in [0, 0.1) is 5.82 Å². The molecule has 1 aromatic rings. The van der Waals surface area contributed by atoms with Gasteiger partial charge in [-0.05, 0) is 18.9 Å². The molecule has 0 aliphatic heterocycles. The molecule has 0 saturated heterocycles. The third-order valence-corrected chi connectivity index (χ3v) is 2.12. The molecule has 84 valence electrons. The van der Waals surface area contributed by atoms with Gasteiger partial charge in [-0.15, -0.1) is 0 Å². The SMILES string of the molecule is COc1cc(F)cc(CCCO)c1OC. The van der Waals surface area contributed by atoms with Gasteiger partial charge in [-0.1, -0.05) is 0 Å². The zero-order valence-corrected chi connectivity index (χ0v) is 8.92. The number of aliphatic hydroxyl groups is 1. The highest BCUT2D eigenvalue weighted by Gasteiger charge is 2.11. The predicted octanol–water partition coefficient (Wildman–Crippen LogP) is 1.77. The third-order valence-electron chi connectivity index (χ3n) is 2.12. The van der Waals surface area contributed by atoms with Gasteiger partial charge in [-0.2, -0.15) is 0 Å². The van der Waals surface area contributed by atoms with Crippen LogP contribution in [0.1, 0.15) is 12.0 Å². The molecule has 0 aromatic heterocycles. The van der Waals surface area contributed by atoms with E-state index >= 15 is 0 Å². The van der Waals surface area contributed by atoms with Crippen molar-refractivity contribution in [3.63, 3.8) is 0 Å². The number of halogens is 1.